The smallest absolute Gasteiger partial charge is 0.387 e. The van der Waals surface area contributed by atoms with E-state index >= 15 is 0 Å². The molecule has 1 aromatic carbocycles. The van der Waals surface area contributed by atoms with Crippen LogP contribution in [0, 0.1) is 5.82 Å². The van der Waals surface area contributed by atoms with E-state index in [0.29, 0.717) is 5.52 Å². The molecule has 0 spiro atoms. The number of fused-ring (bicyclic) bond motifs is 1. The van der Waals surface area contributed by atoms with Crippen LogP contribution >= 0.6 is 0 Å². The molecule has 0 fully saturated rings. The van der Waals surface area contributed by atoms with Crippen molar-refractivity contribution in [2.24, 2.45) is 0 Å². The fraction of sp³-hybridized carbons (Fsp3) is 0.125. The van der Waals surface area contributed by atoms with Crippen LogP contribution in [0.15, 0.2) is 18.5 Å². The number of aromatic nitrogens is 2. The number of nitrogens with zero attached hydrogens (tertiary/aromatic N) is 1. The van der Waals surface area contributed by atoms with Gasteiger partial charge in [0.25, 0.3) is 0 Å². The first-order valence-electron chi connectivity index (χ1n) is 3.75. The zero-order valence-electron chi connectivity index (χ0n) is 6.80. The summed E-state index contributed by atoms with van der Waals surface area (Å²) in [6, 6.07) is 2.44. The Balaban J connectivity index is 2.58. The first-order valence-corrected chi connectivity index (χ1v) is 3.75. The third-order valence-corrected chi connectivity index (χ3v) is 1.70. The van der Waals surface area contributed by atoms with Gasteiger partial charge in [0.05, 0.1) is 11.8 Å². The fourth-order valence-electron chi connectivity index (χ4n) is 1.16. The molecule has 0 unspecified atom stereocenters. The molecule has 0 atom stereocenters. The summed E-state index contributed by atoms with van der Waals surface area (Å²) < 4.78 is 40.9. The normalized spacial score (nSPS) is 11.1. The van der Waals surface area contributed by atoms with Gasteiger partial charge in [0.1, 0.15) is 5.52 Å². The minimum atomic E-state index is -3.06. The molecule has 1 heterocycles. The molecule has 6 heteroatoms. The second-order valence-corrected chi connectivity index (χ2v) is 2.55. The van der Waals surface area contributed by atoms with E-state index in [9.17, 15) is 13.2 Å². The minimum Gasteiger partial charge on any atom is -0.429 e. The molecular weight excluding hydrogens is 197 g/mol. The summed E-state index contributed by atoms with van der Waals surface area (Å²) in [5, 5.41) is 0. The molecule has 0 aliphatic carbocycles. The van der Waals surface area contributed by atoms with Crippen LogP contribution in [0.1, 0.15) is 0 Å². The number of benzene rings is 1. The number of aromatic amines is 1. The van der Waals surface area contributed by atoms with E-state index in [0.717, 1.165) is 6.07 Å². The Morgan fingerprint density at radius 3 is 2.86 bits per heavy atom. The SMILES string of the molecule is Fc1ccc2[nH]cnc2c1OC(F)F. The van der Waals surface area contributed by atoms with E-state index in [1.54, 1.807) is 0 Å². The minimum absolute atomic E-state index is 0.0605. The first kappa shape index (κ1) is 8.86. The van der Waals surface area contributed by atoms with Gasteiger partial charge in [-0.2, -0.15) is 8.78 Å². The maximum absolute atomic E-state index is 13.0. The molecule has 0 amide bonds. The van der Waals surface area contributed by atoms with Crippen molar-refractivity contribution < 1.29 is 17.9 Å². The monoisotopic (exact) mass is 202 g/mol. The van der Waals surface area contributed by atoms with E-state index in [4.69, 9.17) is 0 Å². The number of halogens is 3. The van der Waals surface area contributed by atoms with Gasteiger partial charge >= 0.3 is 6.61 Å². The number of alkyl halides is 2. The molecule has 0 aliphatic rings. The average Bonchev–Trinajstić information content (AvgIpc) is 2.57. The van der Waals surface area contributed by atoms with Crippen LogP contribution in [0.2, 0.25) is 0 Å². The lowest BCUT2D eigenvalue weighted by Crippen LogP contribution is -2.04. The highest BCUT2D eigenvalue weighted by atomic mass is 19.3. The standard InChI is InChI=1S/C8H5F3N2O/c9-4-1-2-5-6(13-3-12-5)7(4)14-8(10)11/h1-3,8H,(H,12,13). The summed E-state index contributed by atoms with van der Waals surface area (Å²) in [4.78, 5) is 6.34. The lowest BCUT2D eigenvalue weighted by atomic mass is 10.3. The first-order chi connectivity index (χ1) is 6.68. The molecule has 74 valence electrons. The van der Waals surface area contributed by atoms with Gasteiger partial charge in [-0.05, 0) is 12.1 Å². The highest BCUT2D eigenvalue weighted by molar-refractivity contribution is 5.81. The van der Waals surface area contributed by atoms with Crippen molar-refractivity contribution in [3.8, 4) is 5.75 Å². The van der Waals surface area contributed by atoms with E-state index in [1.165, 1.54) is 12.4 Å². The summed E-state index contributed by atoms with van der Waals surface area (Å²) in [5.41, 5.74) is 0.507. The van der Waals surface area contributed by atoms with Gasteiger partial charge in [0.2, 0.25) is 0 Å². The molecule has 2 aromatic rings. The van der Waals surface area contributed by atoms with Gasteiger partial charge in [-0.1, -0.05) is 0 Å². The Labute approximate surface area is 76.5 Å². The van der Waals surface area contributed by atoms with Crippen LogP contribution in [0.3, 0.4) is 0 Å². The molecule has 0 saturated heterocycles. The van der Waals surface area contributed by atoms with Crippen molar-refractivity contribution in [2.45, 2.75) is 6.61 Å². The van der Waals surface area contributed by atoms with Crippen LogP contribution in [0.25, 0.3) is 11.0 Å². The van der Waals surface area contributed by atoms with E-state index < -0.39 is 18.2 Å². The number of imidazole rings is 1. The van der Waals surface area contributed by atoms with Crippen LogP contribution in [-0.2, 0) is 0 Å². The van der Waals surface area contributed by atoms with Gasteiger partial charge in [-0.3, -0.25) is 0 Å². The average molecular weight is 202 g/mol. The van der Waals surface area contributed by atoms with Crippen LogP contribution in [0.5, 0.6) is 5.75 Å². The summed E-state index contributed by atoms with van der Waals surface area (Å²) in [6.07, 6.45) is 1.28. The predicted octanol–water partition coefficient (Wildman–Crippen LogP) is 2.30. The molecule has 0 radical (unpaired) electrons. The third kappa shape index (κ3) is 1.39. The highest BCUT2D eigenvalue weighted by Gasteiger charge is 2.15. The second-order valence-electron chi connectivity index (χ2n) is 2.55. The van der Waals surface area contributed by atoms with E-state index in [-0.39, 0.29) is 5.52 Å². The molecule has 1 aromatic heterocycles. The van der Waals surface area contributed by atoms with Gasteiger partial charge < -0.3 is 9.72 Å². The molecule has 3 nitrogen and oxygen atoms in total. The van der Waals surface area contributed by atoms with Gasteiger partial charge in [0.15, 0.2) is 11.6 Å². The molecule has 2 rings (SSSR count). The topological polar surface area (TPSA) is 37.9 Å². The second kappa shape index (κ2) is 3.21. The highest BCUT2D eigenvalue weighted by Crippen LogP contribution is 2.27. The molecule has 14 heavy (non-hydrogen) atoms. The van der Waals surface area contributed by atoms with Crippen molar-refractivity contribution in [3.63, 3.8) is 0 Å². The number of nitrogens with one attached hydrogen (secondary N) is 1. The van der Waals surface area contributed by atoms with Gasteiger partial charge in [0, 0.05) is 0 Å². The van der Waals surface area contributed by atoms with Crippen LogP contribution in [-0.4, -0.2) is 16.6 Å². The maximum Gasteiger partial charge on any atom is 0.387 e. The number of H-pyrrole nitrogens is 1. The molecule has 1 N–H and O–H groups in total. The summed E-state index contributed by atoms with van der Waals surface area (Å²) >= 11 is 0. The van der Waals surface area contributed by atoms with E-state index in [2.05, 4.69) is 14.7 Å². The largest absolute Gasteiger partial charge is 0.429 e. The maximum atomic E-state index is 13.0. The zero-order chi connectivity index (χ0) is 10.1. The Bertz CT molecular complexity index is 455. The Morgan fingerprint density at radius 2 is 2.14 bits per heavy atom. The zero-order valence-corrected chi connectivity index (χ0v) is 6.80. The van der Waals surface area contributed by atoms with Gasteiger partial charge in [-0.15, -0.1) is 0 Å². The Morgan fingerprint density at radius 1 is 1.36 bits per heavy atom. The molecule has 0 bridgehead atoms. The summed E-state index contributed by atoms with van der Waals surface area (Å²) in [6.45, 7) is -3.06. The van der Waals surface area contributed by atoms with Crippen molar-refractivity contribution in [3.05, 3.63) is 24.3 Å². The lowest BCUT2D eigenvalue weighted by molar-refractivity contribution is -0.0511. The molecular formula is C8H5F3N2O. The fourth-order valence-corrected chi connectivity index (χ4v) is 1.16. The van der Waals surface area contributed by atoms with Crippen molar-refractivity contribution in [1.29, 1.82) is 0 Å². The number of hydrogen-bond donors (Lipinski definition) is 1. The predicted molar refractivity (Wildman–Crippen MR) is 42.7 cm³/mol. The summed E-state index contributed by atoms with van der Waals surface area (Å²) in [5.74, 6) is -1.39. The number of ether oxygens (including phenoxy) is 1. The van der Waals surface area contributed by atoms with Crippen molar-refractivity contribution in [2.75, 3.05) is 0 Å². The third-order valence-electron chi connectivity index (χ3n) is 1.70. The van der Waals surface area contributed by atoms with Crippen molar-refractivity contribution in [1.82, 2.24) is 9.97 Å². The van der Waals surface area contributed by atoms with Crippen LogP contribution in [0.4, 0.5) is 13.2 Å². The van der Waals surface area contributed by atoms with Gasteiger partial charge in [-0.25, -0.2) is 9.37 Å². The van der Waals surface area contributed by atoms with Crippen molar-refractivity contribution >= 4 is 11.0 Å². The molecule has 0 aliphatic heterocycles. The lowest BCUT2D eigenvalue weighted by Gasteiger charge is -2.05. The number of rotatable bonds is 2. The Hall–Kier alpha value is -1.72. The van der Waals surface area contributed by atoms with E-state index in [1.807, 2.05) is 0 Å². The summed E-state index contributed by atoms with van der Waals surface area (Å²) in [7, 11) is 0. The number of hydrogen-bond acceptors (Lipinski definition) is 2. The molecule has 0 saturated carbocycles. The van der Waals surface area contributed by atoms with Crippen LogP contribution < -0.4 is 4.74 Å². The Kier molecular flexibility index (Phi) is 2.03. The quantitative estimate of drug-likeness (QED) is 0.811.